The van der Waals surface area contributed by atoms with Crippen molar-refractivity contribution < 1.29 is 14.3 Å². The average molecular weight is 299 g/mol. The molecular weight excluding hydrogens is 282 g/mol. The van der Waals surface area contributed by atoms with Gasteiger partial charge in [-0.15, -0.1) is 0 Å². The van der Waals surface area contributed by atoms with Crippen molar-refractivity contribution in [2.24, 2.45) is 0 Å². The fraction of sp³-hybridized carbons (Fsp3) is 0.375. The lowest BCUT2D eigenvalue weighted by molar-refractivity contribution is -0.124. The predicted octanol–water partition coefficient (Wildman–Crippen LogP) is 1.68. The molecule has 0 radical (unpaired) electrons. The number of esters is 1. The Bertz CT molecular complexity index is 754. The van der Waals surface area contributed by atoms with Crippen LogP contribution in [-0.4, -0.2) is 34.5 Å². The highest BCUT2D eigenvalue weighted by Gasteiger charge is 2.23. The minimum atomic E-state index is -0.534. The molecule has 0 atom stereocenters. The van der Waals surface area contributed by atoms with Crippen LogP contribution in [0.25, 0.3) is 11.0 Å². The summed E-state index contributed by atoms with van der Waals surface area (Å²) in [6.45, 7) is 3.50. The number of aromatic nitrogens is 2. The Morgan fingerprint density at radius 1 is 1.18 bits per heavy atom. The third-order valence-electron chi connectivity index (χ3n) is 3.59. The van der Waals surface area contributed by atoms with Gasteiger partial charge in [0.05, 0.1) is 28.0 Å². The van der Waals surface area contributed by atoms with E-state index < -0.39 is 5.97 Å². The molecule has 0 spiro atoms. The molecule has 3 rings (SSSR count). The van der Waals surface area contributed by atoms with Crippen molar-refractivity contribution in [2.45, 2.75) is 32.7 Å². The molecular formula is C16H17N3O3. The second kappa shape index (κ2) is 5.71. The van der Waals surface area contributed by atoms with E-state index in [0.717, 1.165) is 29.7 Å². The van der Waals surface area contributed by atoms with E-state index in [0.29, 0.717) is 11.1 Å². The van der Waals surface area contributed by atoms with Crippen LogP contribution in [0.5, 0.6) is 0 Å². The van der Waals surface area contributed by atoms with E-state index in [1.54, 1.807) is 18.2 Å². The summed E-state index contributed by atoms with van der Waals surface area (Å²) in [5.74, 6) is -0.796. The molecule has 0 bridgehead atoms. The standard InChI is InChI=1S/C16H17N3O3/c1-9-10(2)18-14-7-11(3-6-13(14)17-9)16(21)22-8-15(20)19-12-4-5-12/h3,6-7,12H,4-5,8H2,1-2H3,(H,19,20). The number of hydrogen-bond donors (Lipinski definition) is 1. The summed E-state index contributed by atoms with van der Waals surface area (Å²) in [6.07, 6.45) is 2.00. The Hall–Kier alpha value is -2.50. The van der Waals surface area contributed by atoms with E-state index in [4.69, 9.17) is 4.74 Å². The van der Waals surface area contributed by atoms with E-state index in [-0.39, 0.29) is 18.6 Å². The minimum Gasteiger partial charge on any atom is -0.452 e. The first-order valence-corrected chi connectivity index (χ1v) is 7.24. The molecule has 6 nitrogen and oxygen atoms in total. The van der Waals surface area contributed by atoms with Gasteiger partial charge in [-0.25, -0.2) is 14.8 Å². The van der Waals surface area contributed by atoms with Crippen LogP contribution in [0.1, 0.15) is 34.6 Å². The number of aryl methyl sites for hydroxylation is 2. The van der Waals surface area contributed by atoms with Gasteiger partial charge in [-0.3, -0.25) is 4.79 Å². The molecule has 1 aromatic heterocycles. The molecule has 1 heterocycles. The Labute approximate surface area is 127 Å². The van der Waals surface area contributed by atoms with Gasteiger partial charge >= 0.3 is 5.97 Å². The van der Waals surface area contributed by atoms with Gasteiger partial charge in [0, 0.05) is 6.04 Å². The van der Waals surface area contributed by atoms with Gasteiger partial charge in [-0.05, 0) is 44.9 Å². The monoisotopic (exact) mass is 299 g/mol. The van der Waals surface area contributed by atoms with E-state index >= 15 is 0 Å². The van der Waals surface area contributed by atoms with Crippen LogP contribution in [0.2, 0.25) is 0 Å². The molecule has 1 amide bonds. The highest BCUT2D eigenvalue weighted by molar-refractivity contribution is 5.94. The van der Waals surface area contributed by atoms with Crippen molar-refractivity contribution in [2.75, 3.05) is 6.61 Å². The fourth-order valence-electron chi connectivity index (χ4n) is 2.07. The number of nitrogens with one attached hydrogen (secondary N) is 1. The van der Waals surface area contributed by atoms with Crippen molar-refractivity contribution >= 4 is 22.9 Å². The highest BCUT2D eigenvalue weighted by atomic mass is 16.5. The second-order valence-corrected chi connectivity index (χ2v) is 5.52. The maximum Gasteiger partial charge on any atom is 0.338 e. The minimum absolute atomic E-state index is 0.258. The molecule has 1 saturated carbocycles. The largest absolute Gasteiger partial charge is 0.452 e. The van der Waals surface area contributed by atoms with Crippen molar-refractivity contribution in [1.29, 1.82) is 0 Å². The maximum atomic E-state index is 12.0. The van der Waals surface area contributed by atoms with Crippen molar-refractivity contribution in [3.05, 3.63) is 35.2 Å². The number of nitrogens with zero attached hydrogens (tertiary/aromatic N) is 2. The Morgan fingerprint density at radius 2 is 1.86 bits per heavy atom. The van der Waals surface area contributed by atoms with E-state index in [9.17, 15) is 9.59 Å². The molecule has 1 fully saturated rings. The summed E-state index contributed by atoms with van der Waals surface area (Å²) in [6, 6.07) is 5.26. The van der Waals surface area contributed by atoms with Crippen molar-refractivity contribution in [3.8, 4) is 0 Å². The summed E-state index contributed by atoms with van der Waals surface area (Å²) in [7, 11) is 0. The van der Waals surface area contributed by atoms with E-state index in [1.807, 2.05) is 13.8 Å². The van der Waals surface area contributed by atoms with Gasteiger partial charge in [0.25, 0.3) is 5.91 Å². The number of amides is 1. The number of ether oxygens (including phenoxy) is 1. The number of benzene rings is 1. The summed E-state index contributed by atoms with van der Waals surface area (Å²) in [5, 5.41) is 2.77. The lowest BCUT2D eigenvalue weighted by Gasteiger charge is -2.07. The smallest absolute Gasteiger partial charge is 0.338 e. The SMILES string of the molecule is Cc1nc2ccc(C(=O)OCC(=O)NC3CC3)cc2nc1C. The highest BCUT2D eigenvalue weighted by Crippen LogP contribution is 2.18. The predicted molar refractivity (Wildman–Crippen MR) is 80.5 cm³/mol. The molecule has 0 unspecified atom stereocenters. The third kappa shape index (κ3) is 3.21. The van der Waals surface area contributed by atoms with E-state index in [1.165, 1.54) is 0 Å². The van der Waals surface area contributed by atoms with Crippen molar-refractivity contribution in [1.82, 2.24) is 15.3 Å². The second-order valence-electron chi connectivity index (χ2n) is 5.52. The average Bonchev–Trinajstić information content (AvgIpc) is 3.29. The summed E-state index contributed by atoms with van der Waals surface area (Å²) in [4.78, 5) is 32.3. The quantitative estimate of drug-likeness (QED) is 0.869. The Kier molecular flexibility index (Phi) is 3.75. The lowest BCUT2D eigenvalue weighted by atomic mass is 10.2. The molecule has 1 aliphatic carbocycles. The third-order valence-corrected chi connectivity index (χ3v) is 3.59. The Balaban J connectivity index is 1.70. The topological polar surface area (TPSA) is 81.2 Å². The molecule has 114 valence electrons. The van der Waals surface area contributed by atoms with Crippen LogP contribution in [-0.2, 0) is 9.53 Å². The van der Waals surface area contributed by atoms with Crippen molar-refractivity contribution in [3.63, 3.8) is 0 Å². The van der Waals surface area contributed by atoms with Gasteiger partial charge < -0.3 is 10.1 Å². The zero-order valence-corrected chi connectivity index (χ0v) is 12.5. The first kappa shape index (κ1) is 14.4. The summed E-state index contributed by atoms with van der Waals surface area (Å²) < 4.78 is 5.02. The number of carbonyl (C=O) groups excluding carboxylic acids is 2. The zero-order valence-electron chi connectivity index (χ0n) is 12.5. The number of hydrogen-bond acceptors (Lipinski definition) is 5. The number of fused-ring (bicyclic) bond motifs is 1. The van der Waals surface area contributed by atoms with Crippen LogP contribution in [0, 0.1) is 13.8 Å². The molecule has 0 saturated heterocycles. The van der Waals surface area contributed by atoms with Crippen LogP contribution < -0.4 is 5.32 Å². The summed E-state index contributed by atoms with van der Waals surface area (Å²) >= 11 is 0. The van der Waals surface area contributed by atoms with Gasteiger partial charge in [-0.2, -0.15) is 0 Å². The van der Waals surface area contributed by atoms with Crippen LogP contribution >= 0.6 is 0 Å². The van der Waals surface area contributed by atoms with Gasteiger partial charge in [0.15, 0.2) is 6.61 Å². The molecule has 2 aromatic rings. The lowest BCUT2D eigenvalue weighted by Crippen LogP contribution is -2.30. The molecule has 1 aromatic carbocycles. The Morgan fingerprint density at radius 3 is 2.55 bits per heavy atom. The molecule has 1 N–H and O–H groups in total. The maximum absolute atomic E-state index is 12.0. The van der Waals surface area contributed by atoms with Crippen LogP contribution in [0.3, 0.4) is 0 Å². The van der Waals surface area contributed by atoms with Crippen LogP contribution in [0.4, 0.5) is 0 Å². The number of rotatable bonds is 4. The number of carbonyl (C=O) groups is 2. The van der Waals surface area contributed by atoms with Gasteiger partial charge in [-0.1, -0.05) is 0 Å². The van der Waals surface area contributed by atoms with Gasteiger partial charge in [0.1, 0.15) is 0 Å². The van der Waals surface area contributed by atoms with Gasteiger partial charge in [0.2, 0.25) is 0 Å². The first-order valence-electron chi connectivity index (χ1n) is 7.24. The van der Waals surface area contributed by atoms with E-state index in [2.05, 4.69) is 15.3 Å². The van der Waals surface area contributed by atoms with Crippen LogP contribution in [0.15, 0.2) is 18.2 Å². The molecule has 1 aliphatic rings. The molecule has 22 heavy (non-hydrogen) atoms. The zero-order chi connectivity index (χ0) is 15.7. The normalized spacial score (nSPS) is 13.9. The molecule has 6 heteroatoms. The molecule has 0 aliphatic heterocycles. The fourth-order valence-corrected chi connectivity index (χ4v) is 2.07. The first-order chi connectivity index (χ1) is 10.5. The summed E-state index contributed by atoms with van der Waals surface area (Å²) in [5.41, 5.74) is 3.41.